The molecule has 0 spiro atoms. The SMILES string of the molecule is CS(=O)(=O)N1CCC(C(=O)NCC2CCCN(c3nccs3)C2)CC1. The number of thiazole rings is 1. The number of aromatic nitrogens is 1. The van der Waals surface area contributed by atoms with Gasteiger partial charge >= 0.3 is 0 Å². The maximum Gasteiger partial charge on any atom is 0.223 e. The Hall–Kier alpha value is -1.19. The lowest BCUT2D eigenvalue weighted by Crippen LogP contribution is -2.45. The van der Waals surface area contributed by atoms with E-state index in [-0.39, 0.29) is 11.8 Å². The molecular weight excluding hydrogens is 360 g/mol. The minimum atomic E-state index is -3.14. The van der Waals surface area contributed by atoms with Crippen LogP contribution < -0.4 is 10.2 Å². The van der Waals surface area contributed by atoms with Gasteiger partial charge in [-0.25, -0.2) is 17.7 Å². The van der Waals surface area contributed by atoms with Crippen LogP contribution in [0.2, 0.25) is 0 Å². The molecule has 0 aromatic carbocycles. The summed E-state index contributed by atoms with van der Waals surface area (Å²) >= 11 is 1.65. The van der Waals surface area contributed by atoms with E-state index in [0.29, 0.717) is 38.4 Å². The molecule has 1 unspecified atom stereocenters. The molecule has 1 atom stereocenters. The molecule has 140 valence electrons. The van der Waals surface area contributed by atoms with Crippen molar-refractivity contribution < 1.29 is 13.2 Å². The molecule has 9 heteroatoms. The summed E-state index contributed by atoms with van der Waals surface area (Å²) in [6.45, 7) is 3.53. The Balaban J connectivity index is 1.43. The Bertz CT molecular complexity index is 670. The molecule has 1 N–H and O–H groups in total. The number of hydrogen-bond acceptors (Lipinski definition) is 6. The first kappa shape index (κ1) is 18.6. The number of carbonyl (C=O) groups is 1. The number of nitrogens with zero attached hydrogens (tertiary/aromatic N) is 3. The van der Waals surface area contributed by atoms with E-state index in [9.17, 15) is 13.2 Å². The Morgan fingerprint density at radius 2 is 2.08 bits per heavy atom. The lowest BCUT2D eigenvalue weighted by Gasteiger charge is -2.33. The molecule has 25 heavy (non-hydrogen) atoms. The monoisotopic (exact) mass is 386 g/mol. The van der Waals surface area contributed by atoms with Gasteiger partial charge < -0.3 is 10.2 Å². The smallest absolute Gasteiger partial charge is 0.223 e. The van der Waals surface area contributed by atoms with Crippen LogP contribution in [0.4, 0.5) is 5.13 Å². The quantitative estimate of drug-likeness (QED) is 0.821. The fourth-order valence-corrected chi connectivity index (χ4v) is 5.17. The molecule has 3 heterocycles. The molecule has 0 saturated carbocycles. The predicted octanol–water partition coefficient (Wildman–Crippen LogP) is 1.15. The van der Waals surface area contributed by atoms with Gasteiger partial charge in [0.05, 0.1) is 6.26 Å². The largest absolute Gasteiger partial charge is 0.356 e. The molecule has 7 nitrogen and oxygen atoms in total. The lowest BCUT2D eigenvalue weighted by atomic mass is 9.95. The summed E-state index contributed by atoms with van der Waals surface area (Å²) < 4.78 is 24.5. The van der Waals surface area contributed by atoms with Gasteiger partial charge in [-0.1, -0.05) is 0 Å². The fourth-order valence-electron chi connectivity index (χ4n) is 3.62. The van der Waals surface area contributed by atoms with E-state index in [1.54, 1.807) is 11.3 Å². The second-order valence-corrected chi connectivity index (χ2v) is 9.81. The van der Waals surface area contributed by atoms with E-state index in [4.69, 9.17) is 0 Å². The topological polar surface area (TPSA) is 82.6 Å². The summed E-state index contributed by atoms with van der Waals surface area (Å²) in [5, 5.41) is 6.14. The zero-order chi connectivity index (χ0) is 17.9. The average Bonchev–Trinajstić information content (AvgIpc) is 3.14. The molecule has 1 aromatic heterocycles. The molecule has 1 aromatic rings. The third-order valence-electron chi connectivity index (χ3n) is 5.07. The molecule has 1 amide bonds. The molecule has 2 aliphatic heterocycles. The van der Waals surface area contributed by atoms with E-state index in [1.165, 1.54) is 10.6 Å². The second-order valence-electron chi connectivity index (χ2n) is 6.95. The van der Waals surface area contributed by atoms with Gasteiger partial charge in [0.1, 0.15) is 0 Å². The van der Waals surface area contributed by atoms with Crippen molar-refractivity contribution in [1.82, 2.24) is 14.6 Å². The number of amides is 1. The van der Waals surface area contributed by atoms with Crippen molar-refractivity contribution in [3.05, 3.63) is 11.6 Å². The van der Waals surface area contributed by atoms with E-state index in [2.05, 4.69) is 15.2 Å². The van der Waals surface area contributed by atoms with Gasteiger partial charge in [-0.2, -0.15) is 0 Å². The minimum absolute atomic E-state index is 0.0690. The van der Waals surface area contributed by atoms with Gasteiger partial charge in [-0.05, 0) is 31.6 Å². The molecule has 2 saturated heterocycles. The van der Waals surface area contributed by atoms with Crippen LogP contribution >= 0.6 is 11.3 Å². The summed E-state index contributed by atoms with van der Waals surface area (Å²) in [5.41, 5.74) is 0. The number of piperidine rings is 2. The van der Waals surface area contributed by atoms with Gasteiger partial charge in [-0.15, -0.1) is 11.3 Å². The van der Waals surface area contributed by atoms with Gasteiger partial charge in [0.25, 0.3) is 0 Å². The van der Waals surface area contributed by atoms with Gasteiger partial charge in [0.2, 0.25) is 15.9 Å². The Morgan fingerprint density at radius 1 is 1.32 bits per heavy atom. The van der Waals surface area contributed by atoms with Crippen molar-refractivity contribution in [2.75, 3.05) is 43.9 Å². The number of anilines is 1. The van der Waals surface area contributed by atoms with Gasteiger partial charge in [-0.3, -0.25) is 4.79 Å². The normalized spacial score (nSPS) is 23.6. The molecule has 3 rings (SSSR count). The zero-order valence-corrected chi connectivity index (χ0v) is 16.2. The third-order valence-corrected chi connectivity index (χ3v) is 7.20. The van der Waals surface area contributed by atoms with Crippen LogP contribution in [-0.4, -0.2) is 62.6 Å². The summed E-state index contributed by atoms with van der Waals surface area (Å²) in [4.78, 5) is 19.1. The average molecular weight is 387 g/mol. The minimum Gasteiger partial charge on any atom is -0.356 e. The Kier molecular flexibility index (Phi) is 5.96. The summed E-state index contributed by atoms with van der Waals surface area (Å²) in [6, 6.07) is 0. The summed E-state index contributed by atoms with van der Waals surface area (Å²) in [7, 11) is -3.14. The first-order valence-corrected chi connectivity index (χ1v) is 11.5. The van der Waals surface area contributed by atoms with Crippen LogP contribution in [0.15, 0.2) is 11.6 Å². The fraction of sp³-hybridized carbons (Fsp3) is 0.750. The van der Waals surface area contributed by atoms with E-state index >= 15 is 0 Å². The van der Waals surface area contributed by atoms with E-state index in [1.807, 2.05) is 11.6 Å². The Labute approximate surface area is 153 Å². The summed E-state index contributed by atoms with van der Waals surface area (Å²) in [5.74, 6) is 0.439. The number of carbonyl (C=O) groups excluding carboxylic acids is 1. The number of hydrogen-bond donors (Lipinski definition) is 1. The van der Waals surface area contributed by atoms with Crippen LogP contribution in [0.3, 0.4) is 0 Å². The molecule has 0 aliphatic carbocycles. The van der Waals surface area contributed by atoms with Crippen molar-refractivity contribution in [3.63, 3.8) is 0 Å². The van der Waals surface area contributed by atoms with Crippen LogP contribution in [0, 0.1) is 11.8 Å². The highest BCUT2D eigenvalue weighted by molar-refractivity contribution is 7.88. The maximum atomic E-state index is 12.4. The van der Waals surface area contributed by atoms with E-state index < -0.39 is 10.0 Å². The van der Waals surface area contributed by atoms with Crippen molar-refractivity contribution in [3.8, 4) is 0 Å². The summed E-state index contributed by atoms with van der Waals surface area (Å²) in [6.07, 6.45) is 6.50. The van der Waals surface area contributed by atoms with Crippen LogP contribution in [0.5, 0.6) is 0 Å². The van der Waals surface area contributed by atoms with Crippen LogP contribution in [0.25, 0.3) is 0 Å². The number of rotatable bonds is 5. The molecule has 0 radical (unpaired) electrons. The lowest BCUT2D eigenvalue weighted by molar-refractivity contribution is -0.126. The number of sulfonamides is 1. The zero-order valence-electron chi connectivity index (χ0n) is 14.6. The molecule has 0 bridgehead atoms. The van der Waals surface area contributed by atoms with E-state index in [0.717, 1.165) is 31.1 Å². The molecule has 2 aliphatic rings. The highest BCUT2D eigenvalue weighted by Crippen LogP contribution is 2.25. The second kappa shape index (κ2) is 8.01. The van der Waals surface area contributed by atoms with Crippen molar-refractivity contribution in [2.45, 2.75) is 25.7 Å². The van der Waals surface area contributed by atoms with Crippen LogP contribution in [-0.2, 0) is 14.8 Å². The van der Waals surface area contributed by atoms with Crippen LogP contribution in [0.1, 0.15) is 25.7 Å². The van der Waals surface area contributed by atoms with Gasteiger partial charge in [0, 0.05) is 50.2 Å². The van der Waals surface area contributed by atoms with Crippen molar-refractivity contribution in [1.29, 1.82) is 0 Å². The standard InChI is InChI=1S/C16H26N4O3S2/c1-25(22,23)20-8-4-14(5-9-20)15(21)18-11-13-3-2-7-19(12-13)16-17-6-10-24-16/h6,10,13-14H,2-5,7-9,11-12H2,1H3,(H,18,21). The maximum absolute atomic E-state index is 12.4. The number of nitrogens with one attached hydrogen (secondary N) is 1. The molecular formula is C16H26N4O3S2. The Morgan fingerprint density at radius 3 is 2.72 bits per heavy atom. The van der Waals surface area contributed by atoms with Crippen molar-refractivity contribution in [2.24, 2.45) is 11.8 Å². The van der Waals surface area contributed by atoms with Crippen molar-refractivity contribution >= 4 is 32.4 Å². The predicted molar refractivity (Wildman–Crippen MR) is 99.2 cm³/mol. The highest BCUT2D eigenvalue weighted by atomic mass is 32.2. The first-order chi connectivity index (χ1) is 11.9. The highest BCUT2D eigenvalue weighted by Gasteiger charge is 2.29. The third kappa shape index (κ3) is 4.92. The van der Waals surface area contributed by atoms with Gasteiger partial charge in [0.15, 0.2) is 5.13 Å². The molecule has 2 fully saturated rings. The first-order valence-electron chi connectivity index (χ1n) is 8.81.